The summed E-state index contributed by atoms with van der Waals surface area (Å²) >= 11 is 0. The van der Waals surface area contributed by atoms with Gasteiger partial charge in [-0.15, -0.1) is 0 Å². The highest BCUT2D eigenvalue weighted by Gasteiger charge is 2.38. The van der Waals surface area contributed by atoms with Gasteiger partial charge in [-0.25, -0.2) is 9.36 Å². The summed E-state index contributed by atoms with van der Waals surface area (Å²) < 4.78 is 15.8. The Morgan fingerprint density at radius 3 is 2.71 bits per heavy atom. The summed E-state index contributed by atoms with van der Waals surface area (Å²) in [6.45, 7) is 0.512. The second-order valence-corrected chi connectivity index (χ2v) is 6.04. The number of carboxylic acid groups (broad SMARTS) is 1. The van der Waals surface area contributed by atoms with E-state index < -0.39 is 19.5 Å². The average molecular weight is 259 g/mol. The lowest BCUT2D eigenvalue weighted by Gasteiger charge is -2.30. The first-order valence-electron chi connectivity index (χ1n) is 5.32. The van der Waals surface area contributed by atoms with E-state index in [4.69, 9.17) is 5.11 Å². The van der Waals surface area contributed by atoms with Gasteiger partial charge in [-0.05, 0) is 19.3 Å². The van der Waals surface area contributed by atoms with Crippen LogP contribution in [0.3, 0.4) is 0 Å². The maximum Gasteiger partial charge on any atom is 0.512 e. The highest BCUT2D eigenvalue weighted by atomic mass is 31.2. The van der Waals surface area contributed by atoms with Gasteiger partial charge >= 0.3 is 13.8 Å². The zero-order valence-corrected chi connectivity index (χ0v) is 10.0. The molecular weight excluding hydrogens is 245 g/mol. The van der Waals surface area contributed by atoms with Crippen molar-refractivity contribution in [1.82, 2.24) is 5.32 Å². The highest BCUT2D eigenvalue weighted by Crippen LogP contribution is 2.50. The summed E-state index contributed by atoms with van der Waals surface area (Å²) in [5.41, 5.74) is 2.33. The predicted molar refractivity (Wildman–Crippen MR) is 60.7 cm³/mol. The smallest absolute Gasteiger partial charge is 0.449 e. The fourth-order valence-electron chi connectivity index (χ4n) is 2.12. The lowest BCUT2D eigenvalue weighted by molar-refractivity contribution is 0.136. The standard InChI is InChI=1S/C10H14NO5P/c12-10(13)16-17(14,15)9-5-7-3-1-2-4-8(7)6-11-9/h1-2,9,11H,3-6H2,(H,12,13)(H,14,15). The molecule has 17 heavy (non-hydrogen) atoms. The van der Waals surface area contributed by atoms with Crippen LogP contribution in [0.2, 0.25) is 0 Å². The molecule has 2 unspecified atom stereocenters. The molecule has 1 aliphatic carbocycles. The Kier molecular flexibility index (Phi) is 3.38. The van der Waals surface area contributed by atoms with Crippen molar-refractivity contribution < 1.29 is 23.9 Å². The minimum atomic E-state index is -4.16. The number of carbonyl (C=O) groups is 1. The highest BCUT2D eigenvalue weighted by molar-refractivity contribution is 7.54. The van der Waals surface area contributed by atoms with Crippen LogP contribution in [0.5, 0.6) is 0 Å². The minimum absolute atomic E-state index is 0.362. The van der Waals surface area contributed by atoms with Gasteiger partial charge in [-0.3, -0.25) is 5.32 Å². The summed E-state index contributed by atoms with van der Waals surface area (Å²) in [6, 6.07) is 0. The third kappa shape index (κ3) is 2.77. The van der Waals surface area contributed by atoms with Gasteiger partial charge < -0.3 is 14.5 Å². The van der Waals surface area contributed by atoms with Gasteiger partial charge in [0.15, 0.2) is 0 Å². The zero-order chi connectivity index (χ0) is 12.5. The largest absolute Gasteiger partial charge is 0.512 e. The molecule has 94 valence electrons. The fraction of sp³-hybridized carbons (Fsp3) is 0.500. The molecule has 1 heterocycles. The summed E-state index contributed by atoms with van der Waals surface area (Å²) in [7, 11) is -4.16. The molecule has 2 rings (SSSR count). The fourth-order valence-corrected chi connectivity index (χ4v) is 3.24. The van der Waals surface area contributed by atoms with E-state index in [1.54, 1.807) is 0 Å². The molecule has 0 radical (unpaired) electrons. The van der Waals surface area contributed by atoms with Crippen LogP contribution in [0, 0.1) is 0 Å². The molecule has 6 nitrogen and oxygen atoms in total. The van der Waals surface area contributed by atoms with Gasteiger partial charge in [0.1, 0.15) is 5.78 Å². The number of allylic oxidation sites excluding steroid dienone is 2. The van der Waals surface area contributed by atoms with Crippen LogP contribution < -0.4 is 5.32 Å². The lowest BCUT2D eigenvalue weighted by Crippen LogP contribution is -2.36. The molecule has 0 saturated carbocycles. The Hall–Kier alpha value is -1.10. The third-order valence-corrected chi connectivity index (χ3v) is 4.56. The van der Waals surface area contributed by atoms with Gasteiger partial charge in [0.05, 0.1) is 0 Å². The van der Waals surface area contributed by atoms with Gasteiger partial charge in [0.25, 0.3) is 0 Å². The van der Waals surface area contributed by atoms with E-state index in [0.717, 1.165) is 18.4 Å². The second-order valence-electron chi connectivity index (χ2n) is 4.11. The van der Waals surface area contributed by atoms with Crippen molar-refractivity contribution >= 4 is 13.8 Å². The Balaban J connectivity index is 2.09. The van der Waals surface area contributed by atoms with Crippen LogP contribution in [0.15, 0.2) is 23.3 Å². The van der Waals surface area contributed by atoms with Crippen LogP contribution in [0.4, 0.5) is 4.79 Å². The number of nitrogens with one attached hydrogen (secondary N) is 1. The number of hydrogen-bond acceptors (Lipinski definition) is 4. The molecule has 3 N–H and O–H groups in total. The lowest BCUT2D eigenvalue weighted by atomic mass is 9.92. The molecule has 0 aromatic heterocycles. The summed E-state index contributed by atoms with van der Waals surface area (Å²) in [5.74, 6) is -0.830. The first kappa shape index (κ1) is 12.4. The first-order valence-corrected chi connectivity index (χ1v) is 6.97. The van der Waals surface area contributed by atoms with E-state index in [1.807, 2.05) is 6.08 Å². The van der Waals surface area contributed by atoms with Crippen molar-refractivity contribution in [1.29, 1.82) is 0 Å². The molecule has 0 aromatic rings. The summed E-state index contributed by atoms with van der Waals surface area (Å²) in [5, 5.41) is 11.3. The summed E-state index contributed by atoms with van der Waals surface area (Å²) in [4.78, 5) is 19.9. The van der Waals surface area contributed by atoms with Gasteiger partial charge in [0, 0.05) is 6.54 Å². The Labute approximate surface area is 98.5 Å². The van der Waals surface area contributed by atoms with Gasteiger partial charge in [0.2, 0.25) is 0 Å². The SMILES string of the molecule is O=C(O)OP(=O)(O)C1CC2=C(CC=CC2)CN1. The van der Waals surface area contributed by atoms with E-state index >= 15 is 0 Å². The minimum Gasteiger partial charge on any atom is -0.449 e. The molecule has 0 fully saturated rings. The van der Waals surface area contributed by atoms with E-state index in [2.05, 4.69) is 15.9 Å². The topological polar surface area (TPSA) is 95.9 Å². The van der Waals surface area contributed by atoms with Gasteiger partial charge in [-0.1, -0.05) is 23.3 Å². The van der Waals surface area contributed by atoms with Crippen LogP contribution in [0.25, 0.3) is 0 Å². The van der Waals surface area contributed by atoms with Crippen LogP contribution >= 0.6 is 7.60 Å². The van der Waals surface area contributed by atoms with Crippen LogP contribution in [0.1, 0.15) is 19.3 Å². The predicted octanol–water partition coefficient (Wildman–Crippen LogP) is 1.83. The van der Waals surface area contributed by atoms with Crippen LogP contribution in [-0.2, 0) is 9.09 Å². The third-order valence-electron chi connectivity index (χ3n) is 2.99. The molecule has 7 heteroatoms. The molecule has 0 amide bonds. The average Bonchev–Trinajstić information content (AvgIpc) is 2.26. The monoisotopic (exact) mass is 259 g/mol. The van der Waals surface area contributed by atoms with Crippen LogP contribution in [-0.4, -0.2) is 28.5 Å². The molecule has 2 aliphatic rings. The molecular formula is C10H14NO5P. The normalized spacial score (nSPS) is 27.2. The van der Waals surface area contributed by atoms with E-state index in [9.17, 15) is 14.3 Å². The van der Waals surface area contributed by atoms with E-state index in [-0.39, 0.29) is 0 Å². The van der Waals surface area contributed by atoms with Crippen molar-refractivity contribution in [3.8, 4) is 0 Å². The molecule has 2 atom stereocenters. The number of rotatable bonds is 2. The van der Waals surface area contributed by atoms with Gasteiger partial charge in [-0.2, -0.15) is 0 Å². The molecule has 0 bridgehead atoms. The van der Waals surface area contributed by atoms with Crippen molar-refractivity contribution in [2.75, 3.05) is 6.54 Å². The maximum absolute atomic E-state index is 11.7. The quantitative estimate of drug-likeness (QED) is 0.517. The van der Waals surface area contributed by atoms with Crippen molar-refractivity contribution in [2.45, 2.75) is 25.0 Å². The van der Waals surface area contributed by atoms with E-state index in [1.165, 1.54) is 5.57 Å². The summed E-state index contributed by atoms with van der Waals surface area (Å²) in [6.07, 6.45) is 4.33. The molecule has 1 aliphatic heterocycles. The Bertz CT molecular complexity index is 442. The zero-order valence-electron chi connectivity index (χ0n) is 9.13. The molecule has 0 aromatic carbocycles. The first-order chi connectivity index (χ1) is 7.99. The van der Waals surface area contributed by atoms with Crippen molar-refractivity contribution in [2.24, 2.45) is 0 Å². The maximum atomic E-state index is 11.7. The second kappa shape index (κ2) is 4.64. The van der Waals surface area contributed by atoms with Crippen molar-refractivity contribution in [3.63, 3.8) is 0 Å². The Morgan fingerprint density at radius 1 is 1.41 bits per heavy atom. The number of hydrogen-bond donors (Lipinski definition) is 3. The van der Waals surface area contributed by atoms with Crippen molar-refractivity contribution in [3.05, 3.63) is 23.3 Å². The molecule has 0 saturated heterocycles. The van der Waals surface area contributed by atoms with E-state index in [0.29, 0.717) is 13.0 Å². The Morgan fingerprint density at radius 2 is 2.06 bits per heavy atom. The molecule has 0 spiro atoms.